The Morgan fingerprint density at radius 3 is 2.23 bits per heavy atom. The van der Waals surface area contributed by atoms with Crippen molar-refractivity contribution >= 4 is 40.9 Å². The predicted octanol–water partition coefficient (Wildman–Crippen LogP) is 4.64. The minimum atomic E-state index is 0.518. The molecule has 0 aliphatic heterocycles. The van der Waals surface area contributed by atoms with Crippen LogP contribution in [0.3, 0.4) is 0 Å². The van der Waals surface area contributed by atoms with Gasteiger partial charge in [-0.25, -0.2) is 0 Å². The molecule has 0 saturated carbocycles. The van der Waals surface area contributed by atoms with Crippen LogP contribution >= 0.6 is 34.8 Å². The Balaban J connectivity index is 3.02. The Labute approximate surface area is 93.1 Å². The lowest BCUT2D eigenvalue weighted by atomic mass is 10.1. The number of hydrogen-bond acceptors (Lipinski definition) is 0. The molecule has 0 aromatic heterocycles. The van der Waals surface area contributed by atoms with E-state index in [9.17, 15) is 0 Å². The van der Waals surface area contributed by atoms with Crippen molar-refractivity contribution in [2.24, 2.45) is 0 Å². The molecule has 0 radical (unpaired) electrons. The third-order valence-corrected chi connectivity index (χ3v) is 2.37. The van der Waals surface area contributed by atoms with Gasteiger partial charge in [-0.3, -0.25) is 0 Å². The van der Waals surface area contributed by atoms with Crippen molar-refractivity contribution < 1.29 is 0 Å². The van der Waals surface area contributed by atoms with E-state index in [0.29, 0.717) is 15.9 Å². The zero-order chi connectivity index (χ0) is 9.84. The van der Waals surface area contributed by atoms with Crippen LogP contribution in [0.25, 0.3) is 6.08 Å². The lowest BCUT2D eigenvalue weighted by Crippen LogP contribution is -1.79. The summed E-state index contributed by atoms with van der Waals surface area (Å²) in [5.41, 5.74) is 2.07. The van der Waals surface area contributed by atoms with Gasteiger partial charge in [0.15, 0.2) is 0 Å². The minimum absolute atomic E-state index is 0.518. The fourth-order valence-electron chi connectivity index (χ4n) is 0.982. The van der Waals surface area contributed by atoms with Crippen molar-refractivity contribution in [2.45, 2.75) is 6.92 Å². The van der Waals surface area contributed by atoms with Crippen molar-refractivity contribution in [2.75, 3.05) is 5.88 Å². The molecule has 0 fully saturated rings. The Kier molecular flexibility index (Phi) is 4.11. The summed E-state index contributed by atoms with van der Waals surface area (Å²) in [5, 5.41) is 1.28. The molecule has 0 spiro atoms. The minimum Gasteiger partial charge on any atom is -0.122 e. The zero-order valence-electron chi connectivity index (χ0n) is 7.15. The molecule has 1 aromatic rings. The number of rotatable bonds is 2. The summed E-state index contributed by atoms with van der Waals surface area (Å²) in [6, 6.07) is 5.41. The summed E-state index contributed by atoms with van der Waals surface area (Å²) in [7, 11) is 0. The maximum Gasteiger partial charge on any atom is 0.0434 e. The molecule has 0 unspecified atom stereocenters. The molecule has 0 saturated heterocycles. The third kappa shape index (κ3) is 3.60. The molecule has 3 heteroatoms. The van der Waals surface area contributed by atoms with E-state index >= 15 is 0 Å². The van der Waals surface area contributed by atoms with Gasteiger partial charge in [0.05, 0.1) is 0 Å². The summed E-state index contributed by atoms with van der Waals surface area (Å²) in [5.74, 6) is 0.518. The van der Waals surface area contributed by atoms with E-state index in [1.165, 1.54) is 0 Å². The molecule has 0 atom stereocenters. The lowest BCUT2D eigenvalue weighted by molar-refractivity contribution is 1.43. The summed E-state index contributed by atoms with van der Waals surface area (Å²) in [6.07, 6.45) is 1.96. The number of allylic oxidation sites excluding steroid dienone is 1. The van der Waals surface area contributed by atoms with Crippen molar-refractivity contribution in [3.05, 3.63) is 39.4 Å². The molecular weight excluding hydrogens is 226 g/mol. The van der Waals surface area contributed by atoms with Gasteiger partial charge in [-0.2, -0.15) is 0 Å². The maximum absolute atomic E-state index is 5.83. The van der Waals surface area contributed by atoms with Gasteiger partial charge in [0.2, 0.25) is 0 Å². The van der Waals surface area contributed by atoms with Crippen molar-refractivity contribution in [1.29, 1.82) is 0 Å². The molecule has 1 aromatic carbocycles. The van der Waals surface area contributed by atoms with Gasteiger partial charge in [-0.05, 0) is 30.7 Å². The highest BCUT2D eigenvalue weighted by Gasteiger charge is 1.95. The first-order valence-electron chi connectivity index (χ1n) is 3.81. The second kappa shape index (κ2) is 4.90. The predicted molar refractivity (Wildman–Crippen MR) is 60.8 cm³/mol. The summed E-state index contributed by atoms with van der Waals surface area (Å²) in [6.45, 7) is 1.96. The van der Waals surface area contributed by atoms with E-state index in [0.717, 1.165) is 11.1 Å². The van der Waals surface area contributed by atoms with Gasteiger partial charge in [-0.15, -0.1) is 11.6 Å². The van der Waals surface area contributed by atoms with Crippen LogP contribution in [0, 0.1) is 0 Å². The first kappa shape index (κ1) is 10.9. The molecule has 0 amide bonds. The third-order valence-electron chi connectivity index (χ3n) is 1.51. The molecule has 0 aliphatic rings. The van der Waals surface area contributed by atoms with Crippen LogP contribution in [0.1, 0.15) is 12.5 Å². The van der Waals surface area contributed by atoms with Crippen LogP contribution in [0.2, 0.25) is 10.0 Å². The number of benzene rings is 1. The number of halogens is 3. The van der Waals surface area contributed by atoms with Crippen LogP contribution in [-0.2, 0) is 0 Å². The second-order valence-corrected chi connectivity index (χ2v) is 3.97. The second-order valence-electron chi connectivity index (χ2n) is 2.83. The van der Waals surface area contributed by atoms with Gasteiger partial charge >= 0.3 is 0 Å². The van der Waals surface area contributed by atoms with Crippen molar-refractivity contribution in [1.82, 2.24) is 0 Å². The van der Waals surface area contributed by atoms with Crippen LogP contribution < -0.4 is 0 Å². The Morgan fingerprint density at radius 2 is 1.77 bits per heavy atom. The summed E-state index contributed by atoms with van der Waals surface area (Å²) < 4.78 is 0. The molecule has 0 bridgehead atoms. The zero-order valence-corrected chi connectivity index (χ0v) is 9.42. The average molecular weight is 236 g/mol. The van der Waals surface area contributed by atoms with Crippen molar-refractivity contribution in [3.8, 4) is 0 Å². The van der Waals surface area contributed by atoms with E-state index in [2.05, 4.69) is 0 Å². The van der Waals surface area contributed by atoms with E-state index in [4.69, 9.17) is 34.8 Å². The fraction of sp³-hybridized carbons (Fsp3) is 0.200. The monoisotopic (exact) mass is 234 g/mol. The van der Waals surface area contributed by atoms with Crippen LogP contribution in [0.4, 0.5) is 0 Å². The summed E-state index contributed by atoms with van der Waals surface area (Å²) in [4.78, 5) is 0. The Bertz CT molecular complexity index is 309. The molecule has 13 heavy (non-hydrogen) atoms. The van der Waals surface area contributed by atoms with E-state index < -0.39 is 0 Å². The van der Waals surface area contributed by atoms with Crippen molar-refractivity contribution in [3.63, 3.8) is 0 Å². The largest absolute Gasteiger partial charge is 0.122 e. The van der Waals surface area contributed by atoms with Gasteiger partial charge < -0.3 is 0 Å². The summed E-state index contributed by atoms with van der Waals surface area (Å²) >= 11 is 17.3. The van der Waals surface area contributed by atoms with Gasteiger partial charge in [0.25, 0.3) is 0 Å². The molecule has 0 nitrogen and oxygen atoms in total. The van der Waals surface area contributed by atoms with E-state index in [-0.39, 0.29) is 0 Å². The first-order chi connectivity index (χ1) is 6.11. The molecular formula is C10H9Cl3. The van der Waals surface area contributed by atoms with Crippen LogP contribution in [0.5, 0.6) is 0 Å². The molecule has 1 rings (SSSR count). The number of hydrogen-bond donors (Lipinski definition) is 0. The quantitative estimate of drug-likeness (QED) is 0.655. The van der Waals surface area contributed by atoms with Crippen LogP contribution in [-0.4, -0.2) is 5.88 Å². The normalized spacial score (nSPS) is 11.8. The molecule has 0 N–H and O–H groups in total. The van der Waals surface area contributed by atoms with E-state index in [1.807, 2.05) is 25.1 Å². The van der Waals surface area contributed by atoms with Gasteiger partial charge in [0, 0.05) is 15.9 Å². The van der Waals surface area contributed by atoms with Crippen LogP contribution in [0.15, 0.2) is 23.8 Å². The fourth-order valence-corrected chi connectivity index (χ4v) is 1.60. The lowest BCUT2D eigenvalue weighted by Gasteiger charge is -1.98. The first-order valence-corrected chi connectivity index (χ1v) is 5.10. The standard InChI is InChI=1S/C10H9Cl3/c1-7(6-11)2-8-3-9(12)5-10(13)4-8/h2-5H,6H2,1H3. The topological polar surface area (TPSA) is 0 Å². The molecule has 0 aliphatic carbocycles. The smallest absolute Gasteiger partial charge is 0.0434 e. The molecule has 70 valence electrons. The Morgan fingerprint density at radius 1 is 1.23 bits per heavy atom. The SMILES string of the molecule is CC(=Cc1cc(Cl)cc(Cl)c1)CCl. The highest BCUT2D eigenvalue weighted by Crippen LogP contribution is 2.20. The maximum atomic E-state index is 5.83. The average Bonchev–Trinajstić information content (AvgIpc) is 2.02. The highest BCUT2D eigenvalue weighted by atomic mass is 35.5. The van der Waals surface area contributed by atoms with Gasteiger partial charge in [-0.1, -0.05) is 34.9 Å². The highest BCUT2D eigenvalue weighted by molar-refractivity contribution is 6.34. The van der Waals surface area contributed by atoms with E-state index in [1.54, 1.807) is 6.07 Å². The van der Waals surface area contributed by atoms with Gasteiger partial charge in [0.1, 0.15) is 0 Å². The Hall–Kier alpha value is -0.170. The molecule has 0 heterocycles. The number of alkyl halides is 1.